The van der Waals surface area contributed by atoms with E-state index < -0.39 is 9.85 Å². The van der Waals surface area contributed by atoms with Gasteiger partial charge >= 0.3 is 0 Å². The second-order valence-corrected chi connectivity index (χ2v) is 26.8. The van der Waals surface area contributed by atoms with E-state index in [0.717, 1.165) is 110 Å². The Morgan fingerprint density at radius 1 is 0.536 bits per heavy atom. The third kappa shape index (κ3) is 21.4. The van der Waals surface area contributed by atoms with Crippen LogP contribution in [0.5, 0.6) is 23.0 Å². The standard InChI is InChI=1S/C20H23N3O2S.C14H17N3O4.C14H19N3O2.C8H6N2O4.C6H12ClN.C6H7NS2/c21-16(19-4-3-11-26-19)12-15-5-6-17-18(13-15)25-14-20(24)23(17)10-9-22-7-1-2-8-22;18-14-10-21-13-9-11(17(19)20)3-4-12(13)16(14)8-7-15-5-1-2-6-15;15-11-3-4-12-13(9-11)19-10-14(18)17(12)8-7-16-5-1-2-6-16;11-8-4-14-7-3-5(10(12)13)1-2-6(7)9-8;7-3-6-8-4-1-2-5-8;1-8-6(7)5-3-2-4-9-5/h3-6,11,13,21H,1-2,7-10,12,14H2;3-4,9H,1-2,5-8,10H2;3-4,9H,1-2,5-8,10,15H2;1-3H,4H2,(H,9,11);1-6H2;2-4,7H,1H3. The van der Waals surface area contributed by atoms with Crippen LogP contribution in [0.1, 0.15) is 66.7 Å². The van der Waals surface area contributed by atoms with E-state index >= 15 is 0 Å². The number of rotatable bonds is 17. The van der Waals surface area contributed by atoms with Gasteiger partial charge in [-0.15, -0.1) is 46.0 Å². The summed E-state index contributed by atoms with van der Waals surface area (Å²) in [5.74, 6) is 2.68. The number of likely N-dealkylation sites (tertiary alicyclic amines) is 4. The van der Waals surface area contributed by atoms with Crippen LogP contribution < -0.4 is 44.7 Å². The van der Waals surface area contributed by atoms with Crippen LogP contribution >= 0.6 is 46.0 Å². The molecule has 0 saturated carbocycles. The molecule has 5 N–H and O–H groups in total. The van der Waals surface area contributed by atoms with E-state index in [2.05, 4.69) is 24.9 Å². The average molecular weight is 1410 g/mol. The first-order valence-corrected chi connectivity index (χ1v) is 36.1. The van der Waals surface area contributed by atoms with Crippen LogP contribution in [0.2, 0.25) is 0 Å². The topological polar surface area (TPSA) is 300 Å². The lowest BCUT2D eigenvalue weighted by Gasteiger charge is -2.31. The quantitative estimate of drug-likeness (QED) is 0.0165. The SMILES string of the molecule is CSC(=N)c1cccs1.ClCCN1CCCC1.N=C(Cc1ccc2c(c1)OCC(=O)N2CCN1CCCC1)c1cccs1.Nc1ccc2c(c1)OCC(=O)N2CCN1CCCC1.O=C1COc2cc([N+](=O)[O-])ccc2N1.O=C1COc2cc([N+](=O)[O-])ccc2N1CCN1CCCC1. The Hall–Kier alpha value is -8.22. The lowest BCUT2D eigenvalue weighted by Crippen LogP contribution is -2.43. The molecule has 8 aliphatic heterocycles. The zero-order valence-electron chi connectivity index (χ0n) is 54.5. The van der Waals surface area contributed by atoms with Crippen molar-refractivity contribution >= 4 is 120 Å². The molecule has 0 atom stereocenters. The Morgan fingerprint density at radius 3 is 1.40 bits per heavy atom. The number of thiophene rings is 2. The molecule has 97 heavy (non-hydrogen) atoms. The fourth-order valence-corrected chi connectivity index (χ4v) is 14.1. The number of carbonyl (C=O) groups excluding carboxylic acids is 4. The van der Waals surface area contributed by atoms with Gasteiger partial charge in [0.15, 0.2) is 32.2 Å². The van der Waals surface area contributed by atoms with Gasteiger partial charge < -0.3 is 69.7 Å². The highest BCUT2D eigenvalue weighted by Gasteiger charge is 2.31. The molecule has 0 spiro atoms. The zero-order valence-corrected chi connectivity index (χ0v) is 57.7. The smallest absolute Gasteiger partial charge is 0.273 e. The minimum Gasteiger partial charge on any atom is -0.482 e. The number of hydrogen-bond acceptors (Lipinski definition) is 22. The van der Waals surface area contributed by atoms with Gasteiger partial charge in [0.05, 0.1) is 55.3 Å². The van der Waals surface area contributed by atoms with Crippen LogP contribution in [-0.2, 0) is 25.6 Å². The Morgan fingerprint density at radius 2 is 0.948 bits per heavy atom. The fourth-order valence-electron chi connectivity index (χ4n) is 11.9. The Kier molecular flexibility index (Phi) is 27.8. The Bertz CT molecular complexity index is 3660. The molecule has 6 aromatic rings. The summed E-state index contributed by atoms with van der Waals surface area (Å²) in [5.41, 5.74) is 10.7. The molecule has 4 amide bonds. The summed E-state index contributed by atoms with van der Waals surface area (Å²) in [4.78, 5) is 84.4. The summed E-state index contributed by atoms with van der Waals surface area (Å²) in [7, 11) is 0. The van der Waals surface area contributed by atoms with Crippen LogP contribution in [0, 0.1) is 31.0 Å². The molecule has 4 fully saturated rings. The number of nitrogen functional groups attached to an aromatic ring is 1. The summed E-state index contributed by atoms with van der Waals surface area (Å²) in [6, 6.07) is 27.7. The van der Waals surface area contributed by atoms with Gasteiger partial charge in [-0.3, -0.25) is 44.8 Å². The molecule has 4 aromatic carbocycles. The first-order chi connectivity index (χ1) is 47.0. The Labute approximate surface area is 582 Å². The van der Waals surface area contributed by atoms with Crippen molar-refractivity contribution in [1.29, 1.82) is 10.8 Å². The van der Waals surface area contributed by atoms with Crippen molar-refractivity contribution < 1.29 is 48.0 Å². The predicted octanol–water partition coefficient (Wildman–Crippen LogP) is 10.4. The number of alkyl halides is 1. The second-order valence-electron chi connectivity index (χ2n) is 23.7. The van der Waals surface area contributed by atoms with E-state index in [4.69, 9.17) is 47.1 Å². The molecule has 25 nitrogen and oxygen atoms in total. The molecule has 0 radical (unpaired) electrons. The van der Waals surface area contributed by atoms with Crippen molar-refractivity contribution in [2.45, 2.75) is 57.8 Å². The number of nitrogens with two attached hydrogens (primary N) is 1. The van der Waals surface area contributed by atoms with Crippen LogP contribution in [0.3, 0.4) is 0 Å². The summed E-state index contributed by atoms with van der Waals surface area (Å²) >= 11 is 10.2. The number of fused-ring (bicyclic) bond motifs is 4. The van der Waals surface area contributed by atoms with Crippen molar-refractivity contribution in [3.63, 3.8) is 0 Å². The largest absolute Gasteiger partial charge is 0.482 e. The highest BCUT2D eigenvalue weighted by molar-refractivity contribution is 8.14. The van der Waals surface area contributed by atoms with Crippen LogP contribution in [0.25, 0.3) is 0 Å². The van der Waals surface area contributed by atoms with Crippen molar-refractivity contribution in [3.05, 3.63) is 143 Å². The molecular formula is C68H84ClN13O12S3. The maximum Gasteiger partial charge on any atom is 0.273 e. The van der Waals surface area contributed by atoms with Gasteiger partial charge in [-0.25, -0.2) is 0 Å². The van der Waals surface area contributed by atoms with E-state index in [-0.39, 0.29) is 61.4 Å². The third-order valence-corrected chi connectivity index (χ3v) is 19.8. The van der Waals surface area contributed by atoms with Crippen molar-refractivity contribution in [1.82, 2.24) is 19.6 Å². The number of ether oxygens (including phenoxy) is 4. The molecule has 0 aliphatic carbocycles. The summed E-state index contributed by atoms with van der Waals surface area (Å²) in [6.07, 6.45) is 12.7. The Balaban J connectivity index is 0.000000142. The maximum absolute atomic E-state index is 12.3. The number of hydrogen-bond donors (Lipinski definition) is 4. The van der Waals surface area contributed by atoms with Crippen molar-refractivity contribution in [3.8, 4) is 23.0 Å². The van der Waals surface area contributed by atoms with Crippen LogP contribution in [-0.4, -0.2) is 201 Å². The number of nitrogens with one attached hydrogen (secondary N) is 3. The van der Waals surface area contributed by atoms with Gasteiger partial charge in [-0.05, 0) is 175 Å². The normalized spacial score (nSPS) is 17.1. The lowest BCUT2D eigenvalue weighted by molar-refractivity contribution is -0.385. The number of benzene rings is 4. The molecule has 8 aliphatic rings. The number of nitro benzene ring substituents is 2. The van der Waals surface area contributed by atoms with Gasteiger partial charge in [0.25, 0.3) is 35.0 Å². The maximum atomic E-state index is 12.3. The highest BCUT2D eigenvalue weighted by atomic mass is 35.5. The molecule has 2 aromatic heterocycles. The first-order valence-electron chi connectivity index (χ1n) is 32.6. The van der Waals surface area contributed by atoms with Gasteiger partial charge in [0.2, 0.25) is 0 Å². The number of non-ortho nitro benzene ring substituents is 2. The molecule has 29 heteroatoms. The fraction of sp³-hybridized carbons (Fsp3) is 0.441. The second kappa shape index (κ2) is 36.9. The zero-order chi connectivity index (χ0) is 68.6. The average Bonchev–Trinajstić information content (AvgIpc) is 1.04. The van der Waals surface area contributed by atoms with E-state index in [1.807, 2.05) is 81.4 Å². The molecule has 4 saturated heterocycles. The van der Waals surface area contributed by atoms with Crippen molar-refractivity contribution in [2.75, 3.05) is 162 Å². The van der Waals surface area contributed by atoms with E-state index in [1.54, 1.807) is 39.7 Å². The summed E-state index contributed by atoms with van der Waals surface area (Å²) in [5, 5.41) is 44.0. The monoisotopic (exact) mass is 1410 g/mol. The molecule has 518 valence electrons. The van der Waals surface area contributed by atoms with Crippen LogP contribution in [0.4, 0.5) is 39.8 Å². The van der Waals surface area contributed by atoms with Crippen molar-refractivity contribution in [2.24, 2.45) is 0 Å². The third-order valence-electron chi connectivity index (χ3n) is 17.1. The van der Waals surface area contributed by atoms with Crippen LogP contribution in [0.15, 0.2) is 108 Å². The molecule has 0 unspecified atom stereocenters. The van der Waals surface area contributed by atoms with Gasteiger partial charge in [0.1, 0.15) is 22.3 Å². The number of nitrogens with zero attached hydrogens (tertiary/aromatic N) is 9. The lowest BCUT2D eigenvalue weighted by atomic mass is 10.1. The van der Waals surface area contributed by atoms with Gasteiger partial charge in [-0.2, -0.15) is 0 Å². The number of carbonyl (C=O) groups is 4. The van der Waals surface area contributed by atoms with Gasteiger partial charge in [-0.1, -0.05) is 18.2 Å². The molecular weight excluding hydrogens is 1320 g/mol. The highest BCUT2D eigenvalue weighted by Crippen LogP contribution is 2.38. The minimum atomic E-state index is -0.514. The molecule has 0 bridgehead atoms. The minimum absolute atomic E-state index is 0.0239. The predicted molar refractivity (Wildman–Crippen MR) is 384 cm³/mol. The number of nitro groups is 2. The van der Waals surface area contributed by atoms with Gasteiger partial charge in [0, 0.05) is 86.9 Å². The van der Waals surface area contributed by atoms with E-state index in [0.29, 0.717) is 64.6 Å². The van der Waals surface area contributed by atoms with E-state index in [1.165, 1.54) is 107 Å². The number of thioether (sulfide) groups is 1. The first kappa shape index (κ1) is 73.0. The summed E-state index contributed by atoms with van der Waals surface area (Å²) < 4.78 is 21.4. The number of anilines is 5. The molecule has 14 rings (SSSR count). The van der Waals surface area contributed by atoms with E-state index in [9.17, 15) is 39.4 Å². The number of halogens is 1. The molecule has 10 heterocycles. The number of amides is 4. The summed E-state index contributed by atoms with van der Waals surface area (Å²) in [6.45, 7) is 15.1.